The van der Waals surface area contributed by atoms with Crippen LogP contribution in [-0.2, 0) is 6.42 Å². The van der Waals surface area contributed by atoms with Gasteiger partial charge in [0.2, 0.25) is 0 Å². The van der Waals surface area contributed by atoms with E-state index in [0.717, 1.165) is 24.8 Å². The molecule has 1 aromatic rings. The lowest BCUT2D eigenvalue weighted by atomic mass is 9.78. The Morgan fingerprint density at radius 1 is 1.18 bits per heavy atom. The molecule has 3 fully saturated rings. The molecule has 17 heavy (non-hydrogen) atoms. The Bertz CT molecular complexity index is 397. The van der Waals surface area contributed by atoms with Crippen molar-refractivity contribution in [1.29, 1.82) is 0 Å². The second-order valence-electron chi connectivity index (χ2n) is 5.43. The maximum Gasteiger partial charge on any atom is 0.119 e. The first-order valence-corrected chi connectivity index (χ1v) is 6.55. The summed E-state index contributed by atoms with van der Waals surface area (Å²) in [6.45, 7) is 2.36. The molecule has 0 spiro atoms. The number of benzene rings is 1. The van der Waals surface area contributed by atoms with E-state index in [1.807, 2.05) is 18.2 Å². The number of piperidine rings is 3. The number of para-hydroxylation sites is 1. The molecule has 0 aliphatic carbocycles. The Hall–Kier alpha value is -1.06. The van der Waals surface area contributed by atoms with E-state index in [2.05, 4.69) is 0 Å². The molecule has 0 saturated carbocycles. The van der Waals surface area contributed by atoms with Crippen molar-refractivity contribution in [3.05, 3.63) is 29.8 Å². The summed E-state index contributed by atoms with van der Waals surface area (Å²) in [7, 11) is 0. The monoisotopic (exact) mass is 234 g/mol. The molecule has 1 aromatic carbocycles. The van der Waals surface area contributed by atoms with Gasteiger partial charge in [0.1, 0.15) is 17.9 Å². The van der Waals surface area contributed by atoms with E-state index in [-0.39, 0.29) is 12.1 Å². The number of fused-ring (bicyclic) bond motifs is 3. The summed E-state index contributed by atoms with van der Waals surface area (Å²) in [4.78, 5) is 1.52. The molecule has 3 heterocycles. The maximum absolute atomic E-state index is 10.3. The van der Waals surface area contributed by atoms with Gasteiger partial charge in [-0.3, -0.25) is 0 Å². The number of phenols is 1. The lowest BCUT2D eigenvalue weighted by Crippen LogP contribution is -3.20. The van der Waals surface area contributed by atoms with Crippen molar-refractivity contribution >= 4 is 0 Å². The van der Waals surface area contributed by atoms with E-state index in [4.69, 9.17) is 0 Å². The summed E-state index contributed by atoms with van der Waals surface area (Å²) >= 11 is 0. The molecule has 0 radical (unpaired) electrons. The van der Waals surface area contributed by atoms with Crippen molar-refractivity contribution in [3.63, 3.8) is 0 Å². The van der Waals surface area contributed by atoms with Gasteiger partial charge in [-0.1, -0.05) is 18.2 Å². The third-order valence-corrected chi connectivity index (χ3v) is 4.52. The normalized spacial score (nSPS) is 36.1. The number of quaternary nitrogens is 1. The van der Waals surface area contributed by atoms with Crippen molar-refractivity contribution < 1.29 is 15.1 Å². The van der Waals surface area contributed by atoms with Gasteiger partial charge < -0.3 is 15.1 Å². The van der Waals surface area contributed by atoms with Crippen molar-refractivity contribution in [2.45, 2.75) is 31.4 Å². The molecule has 3 nitrogen and oxygen atoms in total. The van der Waals surface area contributed by atoms with E-state index in [1.165, 1.54) is 18.0 Å². The Morgan fingerprint density at radius 2 is 1.88 bits per heavy atom. The third kappa shape index (κ3) is 1.94. The van der Waals surface area contributed by atoms with Crippen LogP contribution in [0.4, 0.5) is 0 Å². The highest BCUT2D eigenvalue weighted by Gasteiger charge is 2.44. The van der Waals surface area contributed by atoms with Gasteiger partial charge in [0, 0.05) is 25.2 Å². The van der Waals surface area contributed by atoms with E-state index in [0.29, 0.717) is 11.7 Å². The van der Waals surface area contributed by atoms with E-state index >= 15 is 0 Å². The summed E-state index contributed by atoms with van der Waals surface area (Å²) in [5, 5.41) is 20.1. The smallest absolute Gasteiger partial charge is 0.119 e. The highest BCUT2D eigenvalue weighted by molar-refractivity contribution is 5.32. The number of nitrogens with one attached hydrogen (secondary N) is 1. The Kier molecular flexibility index (Phi) is 2.81. The number of aromatic hydroxyl groups is 1. The molecule has 2 atom stereocenters. The SMILES string of the molecule is Oc1ccccc1C[C@H]1[C@H](O)C2CC[NH+]1CC2. The maximum atomic E-state index is 10.3. The van der Waals surface area contributed by atoms with E-state index in [1.54, 1.807) is 6.07 Å². The van der Waals surface area contributed by atoms with Crippen LogP contribution in [0.5, 0.6) is 5.75 Å². The quantitative estimate of drug-likeness (QED) is 0.673. The van der Waals surface area contributed by atoms with Gasteiger partial charge in [-0.15, -0.1) is 0 Å². The van der Waals surface area contributed by atoms with Gasteiger partial charge in [0.05, 0.1) is 13.1 Å². The minimum atomic E-state index is -0.188. The van der Waals surface area contributed by atoms with Crippen LogP contribution in [0.2, 0.25) is 0 Å². The standard InChI is InChI=1S/C14H19NO2/c16-13-4-2-1-3-11(13)9-12-14(17)10-5-7-15(12)8-6-10/h1-4,10,12,14,16-17H,5-9H2/p+1/t12-,14+/m0/s1. The van der Waals surface area contributed by atoms with Crippen LogP contribution < -0.4 is 4.90 Å². The van der Waals surface area contributed by atoms with E-state index in [9.17, 15) is 10.2 Å². The summed E-state index contributed by atoms with van der Waals surface area (Å²) in [5.41, 5.74) is 0.969. The minimum Gasteiger partial charge on any atom is -0.508 e. The highest BCUT2D eigenvalue weighted by atomic mass is 16.3. The highest BCUT2D eigenvalue weighted by Crippen LogP contribution is 2.25. The molecule has 2 bridgehead atoms. The van der Waals surface area contributed by atoms with Crippen LogP contribution in [-0.4, -0.2) is 35.4 Å². The van der Waals surface area contributed by atoms with Crippen molar-refractivity contribution in [1.82, 2.24) is 0 Å². The molecular weight excluding hydrogens is 214 g/mol. The van der Waals surface area contributed by atoms with Gasteiger partial charge >= 0.3 is 0 Å². The lowest BCUT2D eigenvalue weighted by molar-refractivity contribution is -0.946. The first kappa shape index (κ1) is 11.1. The lowest BCUT2D eigenvalue weighted by Gasteiger charge is -2.45. The molecule has 0 unspecified atom stereocenters. The van der Waals surface area contributed by atoms with Crippen LogP contribution >= 0.6 is 0 Å². The van der Waals surface area contributed by atoms with Crippen LogP contribution in [0.15, 0.2) is 24.3 Å². The summed E-state index contributed by atoms with van der Waals surface area (Å²) in [6.07, 6.45) is 2.92. The Balaban J connectivity index is 1.79. The number of hydrogen-bond acceptors (Lipinski definition) is 2. The molecule has 3 aliphatic heterocycles. The van der Waals surface area contributed by atoms with Crippen LogP contribution in [0.1, 0.15) is 18.4 Å². The van der Waals surface area contributed by atoms with Crippen LogP contribution in [0.25, 0.3) is 0 Å². The summed E-state index contributed by atoms with van der Waals surface area (Å²) < 4.78 is 0. The second-order valence-corrected chi connectivity index (χ2v) is 5.43. The first-order chi connectivity index (χ1) is 8.25. The van der Waals surface area contributed by atoms with Gasteiger partial charge in [-0.25, -0.2) is 0 Å². The van der Waals surface area contributed by atoms with Crippen LogP contribution in [0, 0.1) is 5.92 Å². The van der Waals surface area contributed by atoms with Gasteiger partial charge in [0.25, 0.3) is 0 Å². The minimum absolute atomic E-state index is 0.188. The fourth-order valence-corrected chi connectivity index (χ4v) is 3.48. The topological polar surface area (TPSA) is 44.9 Å². The fraction of sp³-hybridized carbons (Fsp3) is 0.571. The zero-order valence-electron chi connectivity index (χ0n) is 9.97. The molecule has 3 N–H and O–H groups in total. The van der Waals surface area contributed by atoms with Gasteiger partial charge in [0.15, 0.2) is 0 Å². The van der Waals surface area contributed by atoms with Gasteiger partial charge in [-0.2, -0.15) is 0 Å². The predicted molar refractivity (Wildman–Crippen MR) is 65.0 cm³/mol. The number of hydrogen-bond donors (Lipinski definition) is 3. The average molecular weight is 234 g/mol. The molecule has 3 aliphatic rings. The van der Waals surface area contributed by atoms with Gasteiger partial charge in [-0.05, 0) is 11.6 Å². The second kappa shape index (κ2) is 4.31. The zero-order chi connectivity index (χ0) is 11.8. The Labute approximate surface area is 102 Å². The summed E-state index contributed by atoms with van der Waals surface area (Å²) in [6, 6.07) is 7.76. The van der Waals surface area contributed by atoms with E-state index < -0.39 is 0 Å². The number of aliphatic hydroxyl groups is 1. The van der Waals surface area contributed by atoms with Crippen molar-refractivity contribution in [2.75, 3.05) is 13.1 Å². The zero-order valence-corrected chi connectivity index (χ0v) is 9.97. The number of phenolic OH excluding ortho intramolecular Hbond substituents is 1. The molecule has 0 amide bonds. The average Bonchev–Trinajstić information content (AvgIpc) is 2.36. The number of aliphatic hydroxyl groups excluding tert-OH is 1. The molecule has 3 saturated heterocycles. The molecule has 3 heteroatoms. The predicted octanol–water partition coefficient (Wildman–Crippen LogP) is -0.0273. The number of rotatable bonds is 2. The molecule has 0 aromatic heterocycles. The van der Waals surface area contributed by atoms with Crippen molar-refractivity contribution in [3.8, 4) is 5.75 Å². The molecular formula is C14H20NO2+. The van der Waals surface area contributed by atoms with Crippen molar-refractivity contribution in [2.24, 2.45) is 5.92 Å². The molecule has 4 rings (SSSR count). The molecule has 92 valence electrons. The fourth-order valence-electron chi connectivity index (χ4n) is 3.48. The third-order valence-electron chi connectivity index (χ3n) is 4.52. The largest absolute Gasteiger partial charge is 0.508 e. The first-order valence-electron chi connectivity index (χ1n) is 6.55. The Morgan fingerprint density at radius 3 is 2.53 bits per heavy atom. The summed E-state index contributed by atoms with van der Waals surface area (Å²) in [5.74, 6) is 0.852. The van der Waals surface area contributed by atoms with Crippen LogP contribution in [0.3, 0.4) is 0 Å².